The van der Waals surface area contributed by atoms with Gasteiger partial charge in [-0.15, -0.1) is 0 Å². The summed E-state index contributed by atoms with van der Waals surface area (Å²) < 4.78 is 0. The molecule has 0 saturated heterocycles. The van der Waals surface area contributed by atoms with Crippen molar-refractivity contribution in [1.29, 1.82) is 0 Å². The minimum absolute atomic E-state index is 0.679. The Morgan fingerprint density at radius 1 is 1.31 bits per heavy atom. The van der Waals surface area contributed by atoms with Gasteiger partial charge in [-0.25, -0.2) is 4.98 Å². The van der Waals surface area contributed by atoms with Gasteiger partial charge in [-0.2, -0.15) is 0 Å². The summed E-state index contributed by atoms with van der Waals surface area (Å²) in [5.41, 5.74) is 7.72. The van der Waals surface area contributed by atoms with Gasteiger partial charge in [-0.3, -0.25) is 0 Å². The molecule has 1 aromatic carbocycles. The van der Waals surface area contributed by atoms with Crippen LogP contribution in [-0.2, 0) is 6.42 Å². The van der Waals surface area contributed by atoms with Gasteiger partial charge in [0.05, 0.1) is 11.0 Å². The molecule has 16 heavy (non-hydrogen) atoms. The Morgan fingerprint density at radius 2 is 2.12 bits per heavy atom. The van der Waals surface area contributed by atoms with Crippen LogP contribution < -0.4 is 5.73 Å². The summed E-state index contributed by atoms with van der Waals surface area (Å²) >= 11 is 0. The number of hydrogen-bond acceptors (Lipinski definition) is 2. The van der Waals surface area contributed by atoms with E-state index in [1.54, 1.807) is 0 Å². The SMILES string of the molecule is CC(CCN)CCc1nc2ccccc2[nH]1. The van der Waals surface area contributed by atoms with Crippen LogP contribution in [0, 0.1) is 5.92 Å². The molecule has 0 saturated carbocycles. The highest BCUT2D eigenvalue weighted by Gasteiger charge is 2.05. The van der Waals surface area contributed by atoms with Gasteiger partial charge in [0.15, 0.2) is 0 Å². The molecule has 0 radical (unpaired) electrons. The first kappa shape index (κ1) is 11.1. The second-order valence-corrected chi connectivity index (χ2v) is 4.42. The van der Waals surface area contributed by atoms with Crippen LogP contribution in [0.3, 0.4) is 0 Å². The maximum atomic E-state index is 5.54. The second-order valence-electron chi connectivity index (χ2n) is 4.42. The number of rotatable bonds is 5. The van der Waals surface area contributed by atoms with Crippen molar-refractivity contribution >= 4 is 11.0 Å². The van der Waals surface area contributed by atoms with E-state index in [0.717, 1.165) is 42.7 Å². The zero-order valence-electron chi connectivity index (χ0n) is 9.74. The molecule has 1 atom stereocenters. The second kappa shape index (κ2) is 5.12. The molecule has 86 valence electrons. The third-order valence-electron chi connectivity index (χ3n) is 2.97. The van der Waals surface area contributed by atoms with Crippen LogP contribution in [0.15, 0.2) is 24.3 Å². The molecule has 2 rings (SSSR count). The number of aryl methyl sites for hydroxylation is 1. The third kappa shape index (κ3) is 2.61. The van der Waals surface area contributed by atoms with Crippen molar-refractivity contribution in [1.82, 2.24) is 9.97 Å². The molecule has 1 heterocycles. The Balaban J connectivity index is 1.99. The van der Waals surface area contributed by atoms with E-state index in [9.17, 15) is 0 Å². The summed E-state index contributed by atoms with van der Waals surface area (Å²) in [5.74, 6) is 1.77. The number of benzene rings is 1. The van der Waals surface area contributed by atoms with Crippen molar-refractivity contribution in [3.8, 4) is 0 Å². The normalized spacial score (nSPS) is 13.1. The average Bonchev–Trinajstić information content (AvgIpc) is 2.69. The maximum Gasteiger partial charge on any atom is 0.107 e. The molecule has 0 bridgehead atoms. The summed E-state index contributed by atoms with van der Waals surface area (Å²) in [5, 5.41) is 0. The lowest BCUT2D eigenvalue weighted by Gasteiger charge is -2.07. The Hall–Kier alpha value is -1.35. The van der Waals surface area contributed by atoms with Gasteiger partial charge in [0.2, 0.25) is 0 Å². The van der Waals surface area contributed by atoms with Gasteiger partial charge in [0.1, 0.15) is 5.82 Å². The van der Waals surface area contributed by atoms with Crippen LogP contribution in [0.5, 0.6) is 0 Å². The van der Waals surface area contributed by atoms with Crippen molar-refractivity contribution in [2.75, 3.05) is 6.54 Å². The molecule has 3 nitrogen and oxygen atoms in total. The Kier molecular flexibility index (Phi) is 3.57. The molecule has 0 fully saturated rings. The molecule has 0 aliphatic carbocycles. The molecule has 0 spiro atoms. The predicted octanol–water partition coefficient (Wildman–Crippen LogP) is 2.48. The van der Waals surface area contributed by atoms with Crippen LogP contribution in [0.2, 0.25) is 0 Å². The fraction of sp³-hybridized carbons (Fsp3) is 0.462. The number of aromatic amines is 1. The molecule has 0 amide bonds. The number of imidazole rings is 1. The zero-order chi connectivity index (χ0) is 11.4. The quantitative estimate of drug-likeness (QED) is 0.808. The summed E-state index contributed by atoms with van der Waals surface area (Å²) in [6, 6.07) is 8.15. The fourth-order valence-corrected chi connectivity index (χ4v) is 1.94. The van der Waals surface area contributed by atoms with E-state index in [1.807, 2.05) is 18.2 Å². The fourth-order valence-electron chi connectivity index (χ4n) is 1.94. The Morgan fingerprint density at radius 3 is 2.88 bits per heavy atom. The van der Waals surface area contributed by atoms with E-state index in [1.165, 1.54) is 0 Å². The van der Waals surface area contributed by atoms with Gasteiger partial charge in [0, 0.05) is 6.42 Å². The first-order valence-electron chi connectivity index (χ1n) is 5.93. The highest BCUT2D eigenvalue weighted by molar-refractivity contribution is 5.74. The molecule has 2 aromatic rings. The monoisotopic (exact) mass is 217 g/mol. The highest BCUT2D eigenvalue weighted by atomic mass is 14.9. The van der Waals surface area contributed by atoms with Gasteiger partial charge in [0.25, 0.3) is 0 Å². The largest absolute Gasteiger partial charge is 0.342 e. The molecule has 1 unspecified atom stereocenters. The predicted molar refractivity (Wildman–Crippen MR) is 67.3 cm³/mol. The number of fused-ring (bicyclic) bond motifs is 1. The van der Waals surface area contributed by atoms with Crippen molar-refractivity contribution < 1.29 is 0 Å². The standard InChI is InChI=1S/C13H19N3/c1-10(8-9-14)6-7-13-15-11-4-2-3-5-12(11)16-13/h2-5,10H,6-9,14H2,1H3,(H,15,16). The van der Waals surface area contributed by atoms with Crippen LogP contribution in [-0.4, -0.2) is 16.5 Å². The van der Waals surface area contributed by atoms with Crippen molar-refractivity contribution in [2.45, 2.75) is 26.2 Å². The van der Waals surface area contributed by atoms with Crippen molar-refractivity contribution in [3.63, 3.8) is 0 Å². The van der Waals surface area contributed by atoms with Gasteiger partial charge in [-0.1, -0.05) is 19.1 Å². The lowest BCUT2D eigenvalue weighted by atomic mass is 10.0. The first-order chi connectivity index (χ1) is 7.79. The van der Waals surface area contributed by atoms with Crippen LogP contribution in [0.4, 0.5) is 0 Å². The molecule has 1 aromatic heterocycles. The lowest BCUT2D eigenvalue weighted by Crippen LogP contribution is -2.06. The van der Waals surface area contributed by atoms with E-state index in [-0.39, 0.29) is 0 Å². The Labute approximate surface area is 96.1 Å². The number of nitrogens with two attached hydrogens (primary N) is 1. The van der Waals surface area contributed by atoms with Crippen molar-refractivity contribution in [2.24, 2.45) is 11.7 Å². The van der Waals surface area contributed by atoms with Gasteiger partial charge >= 0.3 is 0 Å². The van der Waals surface area contributed by atoms with Gasteiger partial charge in [-0.05, 0) is 37.4 Å². The number of H-pyrrole nitrogens is 1. The highest BCUT2D eigenvalue weighted by Crippen LogP contribution is 2.14. The minimum atomic E-state index is 0.679. The van der Waals surface area contributed by atoms with Crippen LogP contribution in [0.25, 0.3) is 11.0 Å². The van der Waals surface area contributed by atoms with E-state index < -0.39 is 0 Å². The van der Waals surface area contributed by atoms with E-state index in [0.29, 0.717) is 5.92 Å². The Bertz CT molecular complexity index is 414. The summed E-state index contributed by atoms with van der Waals surface area (Å²) in [4.78, 5) is 7.91. The van der Waals surface area contributed by atoms with Crippen LogP contribution in [0.1, 0.15) is 25.6 Å². The number of hydrogen-bond donors (Lipinski definition) is 2. The number of nitrogens with one attached hydrogen (secondary N) is 1. The molecule has 3 N–H and O–H groups in total. The zero-order valence-corrected chi connectivity index (χ0v) is 9.74. The molecule has 0 aliphatic heterocycles. The minimum Gasteiger partial charge on any atom is -0.342 e. The molecule has 0 aliphatic rings. The molecular formula is C13H19N3. The first-order valence-corrected chi connectivity index (χ1v) is 5.93. The summed E-state index contributed by atoms with van der Waals surface area (Å²) in [6.45, 7) is 3.02. The molecule has 3 heteroatoms. The van der Waals surface area contributed by atoms with E-state index >= 15 is 0 Å². The average molecular weight is 217 g/mol. The summed E-state index contributed by atoms with van der Waals surface area (Å²) in [6.07, 6.45) is 3.26. The number of aromatic nitrogens is 2. The smallest absolute Gasteiger partial charge is 0.107 e. The number of nitrogens with zero attached hydrogens (tertiary/aromatic N) is 1. The summed E-state index contributed by atoms with van der Waals surface area (Å²) in [7, 11) is 0. The van der Waals surface area contributed by atoms with E-state index in [4.69, 9.17) is 5.73 Å². The lowest BCUT2D eigenvalue weighted by molar-refractivity contribution is 0.495. The maximum absolute atomic E-state index is 5.54. The topological polar surface area (TPSA) is 54.7 Å². The third-order valence-corrected chi connectivity index (χ3v) is 2.97. The van der Waals surface area contributed by atoms with Gasteiger partial charge < -0.3 is 10.7 Å². The molecular weight excluding hydrogens is 198 g/mol. The van der Waals surface area contributed by atoms with Crippen molar-refractivity contribution in [3.05, 3.63) is 30.1 Å². The van der Waals surface area contributed by atoms with Crippen LogP contribution >= 0.6 is 0 Å². The van der Waals surface area contributed by atoms with E-state index in [2.05, 4.69) is 23.0 Å². The number of para-hydroxylation sites is 2.